The molecule has 0 fully saturated rings. The summed E-state index contributed by atoms with van der Waals surface area (Å²) in [6, 6.07) is 0. The zero-order chi connectivity index (χ0) is 9.66. The fourth-order valence-corrected chi connectivity index (χ4v) is 0.309. The van der Waals surface area contributed by atoms with Gasteiger partial charge in [-0.3, -0.25) is 0 Å². The van der Waals surface area contributed by atoms with Crippen molar-refractivity contribution in [2.45, 2.75) is 13.3 Å². The van der Waals surface area contributed by atoms with Crippen LogP contribution in [0.1, 0.15) is 13.3 Å². The van der Waals surface area contributed by atoms with E-state index in [0.29, 0.717) is 26.4 Å². The van der Waals surface area contributed by atoms with Crippen LogP contribution in [0.2, 0.25) is 0 Å². The Hall–Kier alpha value is -0.160. The summed E-state index contributed by atoms with van der Waals surface area (Å²) in [6.45, 7) is 3.91. The molecule has 0 atom stereocenters. The van der Waals surface area contributed by atoms with Crippen molar-refractivity contribution in [3.63, 3.8) is 0 Å². The number of hydrogen-bond acceptors (Lipinski definition) is 4. The summed E-state index contributed by atoms with van der Waals surface area (Å²) < 4.78 is 9.53. The molecular weight excluding hydrogens is 160 g/mol. The molecule has 2 N–H and O–H groups in total. The number of aliphatic hydroxyl groups excluding tert-OH is 2. The number of ether oxygens (including phenoxy) is 2. The second-order valence-electron chi connectivity index (χ2n) is 2.05. The third-order valence-corrected chi connectivity index (χ3v) is 0.891. The largest absolute Gasteiger partial charge is 0.396 e. The maximum Gasteiger partial charge on any atom is 0.0701 e. The predicted octanol–water partition coefficient (Wildman–Crippen LogP) is 0.0304. The molecule has 0 heterocycles. The lowest BCUT2D eigenvalue weighted by atomic mass is 10.5. The minimum absolute atomic E-state index is 0.0870. The minimum atomic E-state index is 0.0870. The third-order valence-electron chi connectivity index (χ3n) is 0.891. The number of aliphatic hydroxyl groups is 2. The van der Waals surface area contributed by atoms with Crippen molar-refractivity contribution in [2.75, 3.05) is 40.1 Å². The highest BCUT2D eigenvalue weighted by Crippen LogP contribution is 1.72. The standard InChI is InChI=1S/C5H12O3.C3H8O/c1-7-4-5-8-3-2-6;1-2-3-4/h6H,2-5H2,1H3;4H,2-3H2,1H3. The zero-order valence-corrected chi connectivity index (χ0v) is 7.95. The van der Waals surface area contributed by atoms with E-state index in [9.17, 15) is 0 Å². The van der Waals surface area contributed by atoms with E-state index in [0.717, 1.165) is 6.42 Å². The molecule has 0 spiro atoms. The molecule has 0 aliphatic rings. The van der Waals surface area contributed by atoms with Gasteiger partial charge in [0.25, 0.3) is 0 Å². The molecule has 0 aromatic carbocycles. The first-order valence-electron chi connectivity index (χ1n) is 4.11. The fraction of sp³-hybridized carbons (Fsp3) is 1.00. The van der Waals surface area contributed by atoms with E-state index in [-0.39, 0.29) is 6.61 Å². The van der Waals surface area contributed by atoms with E-state index in [1.54, 1.807) is 7.11 Å². The van der Waals surface area contributed by atoms with Gasteiger partial charge >= 0.3 is 0 Å². The van der Waals surface area contributed by atoms with E-state index in [4.69, 9.17) is 14.9 Å². The second kappa shape index (κ2) is 17.1. The molecule has 76 valence electrons. The molecule has 12 heavy (non-hydrogen) atoms. The number of hydrogen-bond donors (Lipinski definition) is 2. The highest BCUT2D eigenvalue weighted by molar-refractivity contribution is 4.26. The lowest BCUT2D eigenvalue weighted by Crippen LogP contribution is -2.05. The van der Waals surface area contributed by atoms with E-state index in [2.05, 4.69) is 4.74 Å². The van der Waals surface area contributed by atoms with Crippen molar-refractivity contribution in [1.82, 2.24) is 0 Å². The van der Waals surface area contributed by atoms with E-state index >= 15 is 0 Å². The summed E-state index contributed by atoms with van der Waals surface area (Å²) in [6.07, 6.45) is 0.875. The average Bonchev–Trinajstić information content (AvgIpc) is 2.13. The van der Waals surface area contributed by atoms with Crippen LogP contribution in [-0.4, -0.2) is 50.4 Å². The quantitative estimate of drug-likeness (QED) is 0.566. The Bertz CT molecular complexity index is 51.0. The van der Waals surface area contributed by atoms with Crippen molar-refractivity contribution < 1.29 is 19.7 Å². The van der Waals surface area contributed by atoms with Crippen LogP contribution in [-0.2, 0) is 9.47 Å². The number of rotatable bonds is 6. The topological polar surface area (TPSA) is 58.9 Å². The van der Waals surface area contributed by atoms with Gasteiger partial charge in [0.15, 0.2) is 0 Å². The van der Waals surface area contributed by atoms with Gasteiger partial charge in [-0.25, -0.2) is 0 Å². The molecule has 0 amide bonds. The van der Waals surface area contributed by atoms with Crippen molar-refractivity contribution in [2.24, 2.45) is 0 Å². The first-order chi connectivity index (χ1) is 5.83. The van der Waals surface area contributed by atoms with Gasteiger partial charge in [0, 0.05) is 13.7 Å². The predicted molar refractivity (Wildman–Crippen MR) is 47.2 cm³/mol. The minimum Gasteiger partial charge on any atom is -0.396 e. The molecule has 0 radical (unpaired) electrons. The normalized spacial score (nSPS) is 9.00. The first-order valence-corrected chi connectivity index (χ1v) is 4.11. The second-order valence-corrected chi connectivity index (χ2v) is 2.05. The molecule has 0 bridgehead atoms. The van der Waals surface area contributed by atoms with Gasteiger partial charge in [-0.05, 0) is 6.42 Å². The van der Waals surface area contributed by atoms with Gasteiger partial charge in [0.2, 0.25) is 0 Å². The number of methoxy groups -OCH3 is 1. The van der Waals surface area contributed by atoms with Gasteiger partial charge < -0.3 is 19.7 Å². The lowest BCUT2D eigenvalue weighted by Gasteiger charge is -1.98. The SMILES string of the molecule is CCCO.COCCOCCO. The molecule has 0 aliphatic heterocycles. The smallest absolute Gasteiger partial charge is 0.0701 e. The Kier molecular flexibility index (Phi) is 20.4. The molecule has 0 aromatic heterocycles. The van der Waals surface area contributed by atoms with Crippen molar-refractivity contribution >= 4 is 0 Å². The van der Waals surface area contributed by atoms with Crippen LogP contribution < -0.4 is 0 Å². The van der Waals surface area contributed by atoms with Crippen LogP contribution in [0.5, 0.6) is 0 Å². The van der Waals surface area contributed by atoms with E-state index < -0.39 is 0 Å². The van der Waals surface area contributed by atoms with Gasteiger partial charge in [-0.15, -0.1) is 0 Å². The van der Waals surface area contributed by atoms with Gasteiger partial charge in [0.05, 0.1) is 26.4 Å². The lowest BCUT2D eigenvalue weighted by molar-refractivity contribution is 0.0500. The van der Waals surface area contributed by atoms with Crippen molar-refractivity contribution in [3.05, 3.63) is 0 Å². The maximum absolute atomic E-state index is 8.20. The molecule has 4 nitrogen and oxygen atoms in total. The Balaban J connectivity index is 0. The third kappa shape index (κ3) is 22.5. The monoisotopic (exact) mass is 180 g/mol. The highest BCUT2D eigenvalue weighted by Gasteiger charge is 1.82. The van der Waals surface area contributed by atoms with Crippen LogP contribution in [0.25, 0.3) is 0 Å². The molecule has 0 aliphatic carbocycles. The van der Waals surface area contributed by atoms with Crippen molar-refractivity contribution in [3.8, 4) is 0 Å². The molecule has 4 heteroatoms. The summed E-state index contributed by atoms with van der Waals surface area (Å²) in [4.78, 5) is 0. The van der Waals surface area contributed by atoms with E-state index in [1.807, 2.05) is 6.92 Å². The van der Waals surface area contributed by atoms with Gasteiger partial charge in [-0.1, -0.05) is 6.92 Å². The molecular formula is C8H20O4. The van der Waals surface area contributed by atoms with Gasteiger partial charge in [0.1, 0.15) is 0 Å². The average molecular weight is 180 g/mol. The summed E-state index contributed by atoms with van der Waals surface area (Å²) in [5, 5.41) is 16.1. The summed E-state index contributed by atoms with van der Waals surface area (Å²) in [7, 11) is 1.61. The molecule has 0 saturated heterocycles. The Morgan fingerprint density at radius 2 is 1.58 bits per heavy atom. The Labute approximate surface area is 74.1 Å². The fourth-order valence-electron chi connectivity index (χ4n) is 0.309. The van der Waals surface area contributed by atoms with Crippen molar-refractivity contribution in [1.29, 1.82) is 0 Å². The van der Waals surface area contributed by atoms with Crippen LogP contribution >= 0.6 is 0 Å². The van der Waals surface area contributed by atoms with Gasteiger partial charge in [-0.2, -0.15) is 0 Å². The first kappa shape index (κ1) is 14.4. The molecule has 0 unspecified atom stereocenters. The molecule has 0 rings (SSSR count). The Morgan fingerprint density at radius 3 is 1.92 bits per heavy atom. The Morgan fingerprint density at radius 1 is 1.00 bits per heavy atom. The summed E-state index contributed by atoms with van der Waals surface area (Å²) in [5.41, 5.74) is 0. The maximum atomic E-state index is 8.20. The van der Waals surface area contributed by atoms with Crippen LogP contribution in [0, 0.1) is 0 Å². The highest BCUT2D eigenvalue weighted by atomic mass is 16.5. The van der Waals surface area contributed by atoms with E-state index in [1.165, 1.54) is 0 Å². The van der Waals surface area contributed by atoms with Crippen LogP contribution in [0.15, 0.2) is 0 Å². The molecule has 0 saturated carbocycles. The summed E-state index contributed by atoms with van der Waals surface area (Å²) in [5.74, 6) is 0. The zero-order valence-electron chi connectivity index (χ0n) is 7.95. The van der Waals surface area contributed by atoms with Crippen LogP contribution in [0.4, 0.5) is 0 Å². The van der Waals surface area contributed by atoms with Crippen LogP contribution in [0.3, 0.4) is 0 Å². The molecule has 0 aromatic rings. The summed E-state index contributed by atoms with van der Waals surface area (Å²) >= 11 is 0.